The summed E-state index contributed by atoms with van der Waals surface area (Å²) < 4.78 is 32.8. The first-order valence-corrected chi connectivity index (χ1v) is 3.45. The van der Waals surface area contributed by atoms with Gasteiger partial charge in [0.25, 0.3) is 0 Å². The lowest BCUT2D eigenvalue weighted by Crippen LogP contribution is -2.10. The summed E-state index contributed by atoms with van der Waals surface area (Å²) in [5.74, 6) is 0. The van der Waals surface area contributed by atoms with Gasteiger partial charge in [0.15, 0.2) is 0 Å². The van der Waals surface area contributed by atoms with E-state index in [9.17, 15) is 13.2 Å². The van der Waals surface area contributed by atoms with E-state index in [2.05, 4.69) is 0 Å². The SMILES string of the molecule is FC(F)(F)CC(Cl)I. The lowest BCUT2D eigenvalue weighted by molar-refractivity contribution is -0.130. The van der Waals surface area contributed by atoms with E-state index in [-0.39, 0.29) is 0 Å². The Hall–Kier alpha value is 0.810. The Bertz CT molecular complexity index is 69.4. The topological polar surface area (TPSA) is 0 Å². The van der Waals surface area contributed by atoms with E-state index in [4.69, 9.17) is 11.6 Å². The molecule has 5 heteroatoms. The Morgan fingerprint density at radius 2 is 1.88 bits per heavy atom. The molecule has 0 bridgehead atoms. The fourth-order valence-corrected chi connectivity index (χ4v) is 0.849. The monoisotopic (exact) mass is 258 g/mol. The Morgan fingerprint density at radius 3 is 1.88 bits per heavy atom. The number of hydrogen-bond donors (Lipinski definition) is 0. The summed E-state index contributed by atoms with van der Waals surface area (Å²) in [6.45, 7) is 0. The van der Waals surface area contributed by atoms with Crippen LogP contribution < -0.4 is 0 Å². The second-order valence-corrected chi connectivity index (χ2v) is 3.98. The molecule has 8 heavy (non-hydrogen) atoms. The molecule has 0 aromatic rings. The van der Waals surface area contributed by atoms with E-state index in [1.165, 1.54) is 22.6 Å². The highest BCUT2D eigenvalue weighted by Crippen LogP contribution is 2.26. The second-order valence-electron chi connectivity index (χ2n) is 1.21. The van der Waals surface area contributed by atoms with Crippen molar-refractivity contribution in [2.45, 2.75) is 16.0 Å². The third kappa shape index (κ3) is 6.81. The van der Waals surface area contributed by atoms with Crippen LogP contribution in [0.3, 0.4) is 0 Å². The maximum atomic E-state index is 11.2. The molecule has 0 amide bonds. The maximum Gasteiger partial charge on any atom is 0.391 e. The van der Waals surface area contributed by atoms with Gasteiger partial charge in [0.1, 0.15) is 0 Å². The van der Waals surface area contributed by atoms with Crippen LogP contribution in [0.4, 0.5) is 13.2 Å². The Morgan fingerprint density at radius 1 is 1.50 bits per heavy atom. The molecular formula is C3H3ClF3I. The summed E-state index contributed by atoms with van der Waals surface area (Å²) in [7, 11) is 0. The summed E-state index contributed by atoms with van der Waals surface area (Å²) in [5, 5.41) is 0. The van der Waals surface area contributed by atoms with Gasteiger partial charge in [-0.3, -0.25) is 0 Å². The molecule has 1 atom stereocenters. The van der Waals surface area contributed by atoms with Crippen LogP contribution in [0.1, 0.15) is 6.42 Å². The molecule has 0 nitrogen and oxygen atoms in total. The van der Waals surface area contributed by atoms with Crippen LogP contribution in [0.2, 0.25) is 0 Å². The fraction of sp³-hybridized carbons (Fsp3) is 1.00. The van der Waals surface area contributed by atoms with Crippen LogP contribution in [-0.2, 0) is 0 Å². The lowest BCUT2D eigenvalue weighted by Gasteiger charge is -2.04. The molecule has 0 spiro atoms. The summed E-state index contributed by atoms with van der Waals surface area (Å²) in [5.41, 5.74) is 0. The van der Waals surface area contributed by atoms with E-state index in [0.717, 1.165) is 0 Å². The van der Waals surface area contributed by atoms with Crippen LogP contribution in [0.5, 0.6) is 0 Å². The first-order chi connectivity index (χ1) is 3.42. The molecule has 0 rings (SSSR count). The Kier molecular flexibility index (Phi) is 3.41. The third-order valence-corrected chi connectivity index (χ3v) is 0.980. The van der Waals surface area contributed by atoms with Gasteiger partial charge >= 0.3 is 6.18 Å². The van der Waals surface area contributed by atoms with E-state index in [1.54, 1.807) is 0 Å². The van der Waals surface area contributed by atoms with Crippen molar-refractivity contribution in [3.63, 3.8) is 0 Å². The Balaban J connectivity index is 3.39. The minimum atomic E-state index is -4.12. The normalized spacial score (nSPS) is 16.1. The lowest BCUT2D eigenvalue weighted by atomic mass is 10.5. The molecule has 0 saturated heterocycles. The molecule has 0 radical (unpaired) electrons. The van der Waals surface area contributed by atoms with Gasteiger partial charge in [0.2, 0.25) is 0 Å². The van der Waals surface area contributed by atoms with Crippen molar-refractivity contribution in [3.8, 4) is 0 Å². The zero-order valence-electron chi connectivity index (χ0n) is 3.67. The summed E-state index contributed by atoms with van der Waals surface area (Å²) in [6.07, 6.45) is -5.04. The summed E-state index contributed by atoms with van der Waals surface area (Å²) in [6, 6.07) is 0. The predicted octanol–water partition coefficient (Wildman–Crippen LogP) is 2.94. The van der Waals surface area contributed by atoms with Crippen LogP contribution in [0.25, 0.3) is 0 Å². The molecule has 1 unspecified atom stereocenters. The second kappa shape index (κ2) is 3.10. The molecule has 0 N–H and O–H groups in total. The van der Waals surface area contributed by atoms with Crippen LogP contribution in [-0.4, -0.2) is 9.56 Å². The zero-order chi connectivity index (χ0) is 6.78. The van der Waals surface area contributed by atoms with Crippen molar-refractivity contribution in [2.24, 2.45) is 0 Å². The van der Waals surface area contributed by atoms with Gasteiger partial charge in [0, 0.05) is 0 Å². The highest BCUT2D eigenvalue weighted by Gasteiger charge is 2.29. The number of hydrogen-bond acceptors (Lipinski definition) is 0. The van der Waals surface area contributed by atoms with Crippen molar-refractivity contribution in [1.29, 1.82) is 0 Å². The van der Waals surface area contributed by atoms with Gasteiger partial charge in [0.05, 0.1) is 9.80 Å². The van der Waals surface area contributed by atoms with Crippen LogP contribution in [0, 0.1) is 0 Å². The number of halogens is 5. The highest BCUT2D eigenvalue weighted by molar-refractivity contribution is 14.1. The van der Waals surface area contributed by atoms with Crippen molar-refractivity contribution in [2.75, 3.05) is 0 Å². The van der Waals surface area contributed by atoms with Gasteiger partial charge in [-0.05, 0) is 0 Å². The van der Waals surface area contributed by atoms with Gasteiger partial charge in [-0.2, -0.15) is 13.2 Å². The minimum absolute atomic E-state index is 0.840. The third-order valence-electron chi connectivity index (χ3n) is 0.386. The van der Waals surface area contributed by atoms with E-state index < -0.39 is 16.0 Å². The molecule has 0 aliphatic heterocycles. The van der Waals surface area contributed by atoms with E-state index in [1.807, 2.05) is 0 Å². The minimum Gasteiger partial charge on any atom is -0.171 e. The van der Waals surface area contributed by atoms with E-state index >= 15 is 0 Å². The molecule has 0 aromatic heterocycles. The maximum absolute atomic E-state index is 11.2. The number of alkyl halides is 5. The van der Waals surface area contributed by atoms with Gasteiger partial charge in [-0.1, -0.05) is 22.6 Å². The van der Waals surface area contributed by atoms with Crippen LogP contribution in [0.15, 0.2) is 0 Å². The van der Waals surface area contributed by atoms with Crippen molar-refractivity contribution in [3.05, 3.63) is 0 Å². The van der Waals surface area contributed by atoms with Gasteiger partial charge in [-0.15, -0.1) is 11.6 Å². The summed E-state index contributed by atoms with van der Waals surface area (Å²) >= 11 is 6.54. The molecule has 0 aromatic carbocycles. The molecule has 0 fully saturated rings. The molecule has 50 valence electrons. The molecular weight excluding hydrogens is 255 g/mol. The highest BCUT2D eigenvalue weighted by atomic mass is 127. The fourth-order valence-electron chi connectivity index (χ4n) is 0.175. The first-order valence-electron chi connectivity index (χ1n) is 1.77. The quantitative estimate of drug-likeness (QED) is 0.501. The Labute approximate surface area is 63.5 Å². The van der Waals surface area contributed by atoms with Gasteiger partial charge < -0.3 is 0 Å². The molecule has 0 aliphatic rings. The standard InChI is InChI=1S/C3H3ClF3I/c4-2(8)1-3(5,6)7/h2H,1H2. The number of rotatable bonds is 1. The van der Waals surface area contributed by atoms with Crippen molar-refractivity contribution >= 4 is 34.2 Å². The molecule has 0 heterocycles. The average Bonchev–Trinajstić information content (AvgIpc) is 1.21. The van der Waals surface area contributed by atoms with Gasteiger partial charge in [-0.25, -0.2) is 0 Å². The zero-order valence-corrected chi connectivity index (χ0v) is 6.59. The smallest absolute Gasteiger partial charge is 0.171 e. The largest absolute Gasteiger partial charge is 0.391 e. The van der Waals surface area contributed by atoms with Crippen molar-refractivity contribution in [1.82, 2.24) is 0 Å². The molecule has 0 saturated carbocycles. The summed E-state index contributed by atoms with van der Waals surface area (Å²) in [4.78, 5) is 0. The van der Waals surface area contributed by atoms with Crippen molar-refractivity contribution < 1.29 is 13.2 Å². The average molecular weight is 258 g/mol. The van der Waals surface area contributed by atoms with E-state index in [0.29, 0.717) is 0 Å². The first kappa shape index (κ1) is 8.81. The molecule has 0 aliphatic carbocycles. The van der Waals surface area contributed by atoms with Crippen LogP contribution >= 0.6 is 34.2 Å². The predicted molar refractivity (Wildman–Crippen MR) is 34.3 cm³/mol.